The molecular formula is C14H16N6O. The van der Waals surface area contributed by atoms with Gasteiger partial charge in [0.1, 0.15) is 12.7 Å². The molecule has 0 bridgehead atoms. The molecule has 7 nitrogen and oxygen atoms in total. The van der Waals surface area contributed by atoms with Gasteiger partial charge in [0.05, 0.1) is 25.0 Å². The summed E-state index contributed by atoms with van der Waals surface area (Å²) in [4.78, 5) is 0. The molecule has 0 saturated carbocycles. The maximum atomic E-state index is 8.87. The van der Waals surface area contributed by atoms with Crippen LogP contribution in [0.5, 0.6) is 0 Å². The Bertz CT molecular complexity index is 691. The Kier molecular flexibility index (Phi) is 3.92. The van der Waals surface area contributed by atoms with E-state index in [4.69, 9.17) is 5.11 Å². The van der Waals surface area contributed by atoms with Crippen molar-refractivity contribution in [2.24, 2.45) is 0 Å². The van der Waals surface area contributed by atoms with Gasteiger partial charge in [-0.1, -0.05) is 6.07 Å². The van der Waals surface area contributed by atoms with Gasteiger partial charge in [0.15, 0.2) is 0 Å². The van der Waals surface area contributed by atoms with Crippen molar-refractivity contribution in [3.05, 3.63) is 54.9 Å². The number of nitrogens with zero attached hydrogens (tertiary/aromatic N) is 5. The van der Waals surface area contributed by atoms with Crippen molar-refractivity contribution in [1.82, 2.24) is 24.5 Å². The second kappa shape index (κ2) is 6.19. The summed E-state index contributed by atoms with van der Waals surface area (Å²) in [5.74, 6) is 0. The number of nitrogens with one attached hydrogen (secondary N) is 1. The van der Waals surface area contributed by atoms with Crippen LogP contribution in [-0.4, -0.2) is 36.3 Å². The number of aromatic nitrogens is 5. The lowest BCUT2D eigenvalue weighted by Gasteiger charge is -2.07. The van der Waals surface area contributed by atoms with E-state index in [1.807, 2.05) is 35.0 Å². The summed E-state index contributed by atoms with van der Waals surface area (Å²) < 4.78 is 3.58. The van der Waals surface area contributed by atoms with Crippen LogP contribution in [0.15, 0.2) is 49.3 Å². The minimum absolute atomic E-state index is 0.0928. The molecule has 2 aromatic heterocycles. The van der Waals surface area contributed by atoms with Gasteiger partial charge in [-0.3, -0.25) is 9.25 Å². The third-order valence-corrected chi connectivity index (χ3v) is 3.08. The molecule has 0 amide bonds. The summed E-state index contributed by atoms with van der Waals surface area (Å²) in [6.45, 7) is 1.29. The van der Waals surface area contributed by atoms with E-state index in [2.05, 4.69) is 20.6 Å². The topological polar surface area (TPSA) is 80.8 Å². The van der Waals surface area contributed by atoms with Gasteiger partial charge in [-0.05, 0) is 18.2 Å². The van der Waals surface area contributed by atoms with E-state index in [0.717, 1.165) is 16.9 Å². The van der Waals surface area contributed by atoms with E-state index in [1.165, 1.54) is 0 Å². The maximum Gasteiger partial charge on any atom is 0.123 e. The smallest absolute Gasteiger partial charge is 0.123 e. The number of rotatable bonds is 6. The normalized spacial score (nSPS) is 10.7. The molecule has 3 rings (SSSR count). The predicted octanol–water partition coefficient (Wildman–Crippen LogP) is 1.07. The molecule has 0 radical (unpaired) electrons. The first-order chi connectivity index (χ1) is 10.3. The average Bonchev–Trinajstić information content (AvgIpc) is 3.18. The number of hydrogen-bond acceptors (Lipinski definition) is 5. The second-order valence-electron chi connectivity index (χ2n) is 4.61. The summed E-state index contributed by atoms with van der Waals surface area (Å²) in [5.41, 5.74) is 3.08. The van der Waals surface area contributed by atoms with Gasteiger partial charge in [-0.15, -0.1) is 10.2 Å². The fourth-order valence-corrected chi connectivity index (χ4v) is 2.04. The highest BCUT2D eigenvalue weighted by molar-refractivity contribution is 5.51. The van der Waals surface area contributed by atoms with Crippen LogP contribution in [0.4, 0.5) is 5.69 Å². The van der Waals surface area contributed by atoms with Crippen molar-refractivity contribution in [1.29, 1.82) is 0 Å². The zero-order chi connectivity index (χ0) is 14.5. The van der Waals surface area contributed by atoms with E-state index < -0.39 is 0 Å². The van der Waals surface area contributed by atoms with Crippen molar-refractivity contribution in [3.63, 3.8) is 0 Å². The highest BCUT2D eigenvalue weighted by atomic mass is 16.3. The molecule has 1 aromatic carbocycles. The Hall–Kier alpha value is -2.67. The highest BCUT2D eigenvalue weighted by Crippen LogP contribution is 2.15. The lowest BCUT2D eigenvalue weighted by molar-refractivity contribution is 0.269. The standard InChI is InChI=1S/C14H16N6O/c21-5-4-20-9-12(8-18-20)7-15-13-2-1-3-14(6-13)19-10-16-17-11-19/h1-3,6,8-11,15,21H,4-5,7H2. The van der Waals surface area contributed by atoms with Crippen molar-refractivity contribution in [2.45, 2.75) is 13.1 Å². The molecule has 21 heavy (non-hydrogen) atoms. The molecule has 2 heterocycles. The molecular weight excluding hydrogens is 268 g/mol. The zero-order valence-corrected chi connectivity index (χ0v) is 11.4. The summed E-state index contributed by atoms with van der Waals surface area (Å²) >= 11 is 0. The Morgan fingerprint density at radius 1 is 1.19 bits per heavy atom. The lowest BCUT2D eigenvalue weighted by atomic mass is 10.2. The first-order valence-electron chi connectivity index (χ1n) is 6.66. The summed E-state index contributed by atoms with van der Waals surface area (Å²) in [6.07, 6.45) is 7.05. The van der Waals surface area contributed by atoms with Crippen LogP contribution in [-0.2, 0) is 13.1 Å². The van der Waals surface area contributed by atoms with Crippen LogP contribution >= 0.6 is 0 Å². The van der Waals surface area contributed by atoms with Crippen molar-refractivity contribution >= 4 is 5.69 Å². The molecule has 0 aliphatic carbocycles. The molecule has 0 unspecified atom stereocenters. The van der Waals surface area contributed by atoms with Crippen molar-refractivity contribution < 1.29 is 5.11 Å². The third kappa shape index (κ3) is 3.26. The summed E-state index contributed by atoms with van der Waals surface area (Å²) in [6, 6.07) is 8.01. The summed E-state index contributed by atoms with van der Waals surface area (Å²) in [7, 11) is 0. The second-order valence-corrected chi connectivity index (χ2v) is 4.61. The first kappa shape index (κ1) is 13.3. The van der Waals surface area contributed by atoms with Gasteiger partial charge in [0.2, 0.25) is 0 Å². The molecule has 0 aliphatic rings. The minimum Gasteiger partial charge on any atom is -0.394 e. The fraction of sp³-hybridized carbons (Fsp3) is 0.214. The Morgan fingerprint density at radius 2 is 2.05 bits per heavy atom. The quantitative estimate of drug-likeness (QED) is 0.707. The van der Waals surface area contributed by atoms with Crippen LogP contribution in [0.25, 0.3) is 5.69 Å². The molecule has 2 N–H and O–H groups in total. The molecule has 0 saturated heterocycles. The van der Waals surface area contributed by atoms with Crippen LogP contribution in [0.1, 0.15) is 5.56 Å². The van der Waals surface area contributed by atoms with Gasteiger partial charge < -0.3 is 10.4 Å². The van der Waals surface area contributed by atoms with Crippen LogP contribution in [0.2, 0.25) is 0 Å². The Balaban J connectivity index is 1.66. The average molecular weight is 284 g/mol. The van der Waals surface area contributed by atoms with Crippen LogP contribution in [0.3, 0.4) is 0 Å². The third-order valence-electron chi connectivity index (χ3n) is 3.08. The van der Waals surface area contributed by atoms with E-state index in [-0.39, 0.29) is 6.61 Å². The molecule has 0 aliphatic heterocycles. The van der Waals surface area contributed by atoms with Gasteiger partial charge >= 0.3 is 0 Å². The predicted molar refractivity (Wildman–Crippen MR) is 78.0 cm³/mol. The molecule has 0 fully saturated rings. The van der Waals surface area contributed by atoms with E-state index in [1.54, 1.807) is 23.5 Å². The Labute approximate surface area is 121 Å². The molecule has 3 aromatic rings. The van der Waals surface area contributed by atoms with Crippen molar-refractivity contribution in [3.8, 4) is 5.69 Å². The zero-order valence-electron chi connectivity index (χ0n) is 11.4. The Morgan fingerprint density at radius 3 is 2.86 bits per heavy atom. The number of benzene rings is 1. The molecule has 108 valence electrons. The van der Waals surface area contributed by atoms with Crippen molar-refractivity contribution in [2.75, 3.05) is 11.9 Å². The molecule has 0 atom stereocenters. The van der Waals surface area contributed by atoms with E-state index in [9.17, 15) is 0 Å². The van der Waals surface area contributed by atoms with Crippen LogP contribution in [0, 0.1) is 0 Å². The molecule has 7 heteroatoms. The number of hydrogen-bond donors (Lipinski definition) is 2. The summed E-state index contributed by atoms with van der Waals surface area (Å²) in [5, 5.41) is 24.0. The SMILES string of the molecule is OCCn1cc(CNc2cccc(-n3cnnc3)c2)cn1. The van der Waals surface area contributed by atoms with E-state index >= 15 is 0 Å². The fourth-order valence-electron chi connectivity index (χ4n) is 2.04. The number of aliphatic hydroxyl groups excluding tert-OH is 1. The minimum atomic E-state index is 0.0928. The van der Waals surface area contributed by atoms with Gasteiger partial charge in [-0.25, -0.2) is 0 Å². The maximum absolute atomic E-state index is 8.87. The lowest BCUT2D eigenvalue weighted by Crippen LogP contribution is -2.02. The largest absolute Gasteiger partial charge is 0.394 e. The number of anilines is 1. The van der Waals surface area contributed by atoms with Gasteiger partial charge in [0, 0.05) is 24.0 Å². The first-order valence-corrected chi connectivity index (χ1v) is 6.66. The number of aliphatic hydroxyl groups is 1. The van der Waals surface area contributed by atoms with Crippen LogP contribution < -0.4 is 5.32 Å². The van der Waals surface area contributed by atoms with Gasteiger partial charge in [-0.2, -0.15) is 5.10 Å². The van der Waals surface area contributed by atoms with Gasteiger partial charge in [0.25, 0.3) is 0 Å². The molecule has 0 spiro atoms. The highest BCUT2D eigenvalue weighted by Gasteiger charge is 2.01. The monoisotopic (exact) mass is 284 g/mol. The van der Waals surface area contributed by atoms with E-state index in [0.29, 0.717) is 13.1 Å².